The number of nitrogens with zero attached hydrogens (tertiary/aromatic N) is 1. The number of amides is 2. The molecule has 0 unspecified atom stereocenters. The molecule has 0 saturated heterocycles. The third-order valence-corrected chi connectivity index (χ3v) is 4.42. The van der Waals surface area contributed by atoms with Crippen molar-refractivity contribution in [3.05, 3.63) is 63.6 Å². The third kappa shape index (κ3) is 2.92. The van der Waals surface area contributed by atoms with Gasteiger partial charge in [0.25, 0.3) is 5.91 Å². The quantitative estimate of drug-likeness (QED) is 0.918. The zero-order valence-electron chi connectivity index (χ0n) is 12.3. The summed E-state index contributed by atoms with van der Waals surface area (Å²) in [5, 5.41) is 3.73. The molecule has 1 aliphatic heterocycles. The van der Waals surface area contributed by atoms with Crippen LogP contribution in [0.15, 0.2) is 42.5 Å². The van der Waals surface area contributed by atoms with Gasteiger partial charge in [-0.1, -0.05) is 53.5 Å². The molecular weight excluding hydrogens is 335 g/mol. The zero-order valence-corrected chi connectivity index (χ0v) is 13.9. The Morgan fingerprint density at radius 1 is 1.13 bits per heavy atom. The Morgan fingerprint density at radius 2 is 1.83 bits per heavy atom. The van der Waals surface area contributed by atoms with Crippen LogP contribution in [0.25, 0.3) is 0 Å². The number of para-hydroxylation sites is 1. The van der Waals surface area contributed by atoms with Crippen LogP contribution in [0.4, 0.5) is 5.69 Å². The maximum absolute atomic E-state index is 12.8. The van der Waals surface area contributed by atoms with Crippen molar-refractivity contribution in [2.75, 3.05) is 4.90 Å². The Morgan fingerprint density at radius 3 is 2.52 bits per heavy atom. The highest BCUT2D eigenvalue weighted by molar-refractivity contribution is 6.35. The summed E-state index contributed by atoms with van der Waals surface area (Å²) < 4.78 is 0. The molecule has 0 spiro atoms. The molecule has 4 nitrogen and oxygen atoms in total. The number of hydrogen-bond donors (Lipinski definition) is 1. The fourth-order valence-electron chi connectivity index (χ4n) is 2.75. The summed E-state index contributed by atoms with van der Waals surface area (Å²) in [6, 6.07) is 11.9. The van der Waals surface area contributed by atoms with Gasteiger partial charge >= 0.3 is 0 Å². The maximum atomic E-state index is 12.8. The number of benzene rings is 2. The first-order valence-electron chi connectivity index (χ1n) is 7.09. The van der Waals surface area contributed by atoms with Gasteiger partial charge in [0.2, 0.25) is 5.91 Å². The van der Waals surface area contributed by atoms with Crippen molar-refractivity contribution in [2.24, 2.45) is 0 Å². The molecule has 1 N–H and O–H groups in total. The highest BCUT2D eigenvalue weighted by Crippen LogP contribution is 2.42. The number of fused-ring (bicyclic) bond motifs is 1. The van der Waals surface area contributed by atoms with E-state index in [1.807, 2.05) is 18.2 Å². The molecule has 1 heterocycles. The summed E-state index contributed by atoms with van der Waals surface area (Å²) in [5.41, 5.74) is 2.14. The van der Waals surface area contributed by atoms with Crippen LogP contribution in [0.3, 0.4) is 0 Å². The number of anilines is 1. The SMILES string of the molecule is CC(=O)N[C@H]1C(=O)N(Cc2ccccc2Cl)c2c(Cl)cccc21. The van der Waals surface area contributed by atoms with E-state index in [2.05, 4.69) is 5.32 Å². The minimum atomic E-state index is -0.719. The first kappa shape index (κ1) is 15.8. The monoisotopic (exact) mass is 348 g/mol. The molecule has 0 aliphatic carbocycles. The fraction of sp³-hybridized carbons (Fsp3) is 0.176. The average Bonchev–Trinajstić information content (AvgIpc) is 2.76. The molecule has 6 heteroatoms. The van der Waals surface area contributed by atoms with Gasteiger partial charge in [-0.25, -0.2) is 0 Å². The van der Waals surface area contributed by atoms with Crippen LogP contribution in [0.5, 0.6) is 0 Å². The van der Waals surface area contributed by atoms with Gasteiger partial charge in [0.15, 0.2) is 0 Å². The number of hydrogen-bond acceptors (Lipinski definition) is 2. The lowest BCUT2D eigenvalue weighted by molar-refractivity contribution is -0.126. The van der Waals surface area contributed by atoms with E-state index in [1.165, 1.54) is 6.92 Å². The molecule has 2 aromatic carbocycles. The van der Waals surface area contributed by atoms with E-state index >= 15 is 0 Å². The Balaban J connectivity index is 2.03. The van der Waals surface area contributed by atoms with E-state index in [9.17, 15) is 9.59 Å². The van der Waals surface area contributed by atoms with Gasteiger partial charge in [-0.3, -0.25) is 9.59 Å². The van der Waals surface area contributed by atoms with E-state index in [-0.39, 0.29) is 11.8 Å². The second-order valence-corrected chi connectivity index (χ2v) is 6.14. The Kier molecular flexibility index (Phi) is 4.28. The van der Waals surface area contributed by atoms with Gasteiger partial charge in [0.05, 0.1) is 17.3 Å². The Hall–Kier alpha value is -2.04. The van der Waals surface area contributed by atoms with Gasteiger partial charge in [0, 0.05) is 17.5 Å². The van der Waals surface area contributed by atoms with E-state index in [0.717, 1.165) is 5.56 Å². The Bertz CT molecular complexity index is 792. The predicted octanol–water partition coefficient (Wildman–Crippen LogP) is 3.72. The van der Waals surface area contributed by atoms with Crippen molar-refractivity contribution >= 4 is 40.7 Å². The second kappa shape index (κ2) is 6.22. The van der Waals surface area contributed by atoms with Gasteiger partial charge in [-0.2, -0.15) is 0 Å². The lowest BCUT2D eigenvalue weighted by Crippen LogP contribution is -2.36. The summed E-state index contributed by atoms with van der Waals surface area (Å²) in [4.78, 5) is 25.8. The van der Waals surface area contributed by atoms with Crippen LogP contribution < -0.4 is 10.2 Å². The largest absolute Gasteiger partial charge is 0.341 e. The highest BCUT2D eigenvalue weighted by Gasteiger charge is 2.39. The summed E-state index contributed by atoms with van der Waals surface area (Å²) >= 11 is 12.5. The third-order valence-electron chi connectivity index (χ3n) is 3.75. The van der Waals surface area contributed by atoms with E-state index in [4.69, 9.17) is 23.2 Å². The first-order chi connectivity index (χ1) is 11.0. The maximum Gasteiger partial charge on any atom is 0.254 e. The van der Waals surface area contributed by atoms with Crippen molar-refractivity contribution < 1.29 is 9.59 Å². The van der Waals surface area contributed by atoms with Crippen LogP contribution in [-0.4, -0.2) is 11.8 Å². The summed E-state index contributed by atoms with van der Waals surface area (Å²) in [7, 11) is 0. The molecule has 3 rings (SSSR count). The molecule has 2 aromatic rings. The summed E-state index contributed by atoms with van der Waals surface area (Å²) in [6.07, 6.45) is 0. The molecule has 118 valence electrons. The first-order valence-corrected chi connectivity index (χ1v) is 7.85. The predicted molar refractivity (Wildman–Crippen MR) is 90.7 cm³/mol. The average molecular weight is 349 g/mol. The molecule has 1 aliphatic rings. The molecule has 0 radical (unpaired) electrons. The van der Waals surface area contributed by atoms with Crippen molar-refractivity contribution in [1.82, 2.24) is 5.32 Å². The van der Waals surface area contributed by atoms with E-state index in [0.29, 0.717) is 27.8 Å². The van der Waals surface area contributed by atoms with Crippen molar-refractivity contribution in [1.29, 1.82) is 0 Å². The van der Waals surface area contributed by atoms with E-state index < -0.39 is 6.04 Å². The molecule has 0 aromatic heterocycles. The molecule has 2 amide bonds. The van der Waals surface area contributed by atoms with Crippen molar-refractivity contribution in [3.8, 4) is 0 Å². The topological polar surface area (TPSA) is 49.4 Å². The Labute approximate surface area is 144 Å². The van der Waals surface area contributed by atoms with Crippen LogP contribution in [-0.2, 0) is 16.1 Å². The minimum Gasteiger partial charge on any atom is -0.341 e. The van der Waals surface area contributed by atoms with Gasteiger partial charge in [0.1, 0.15) is 6.04 Å². The number of halogens is 2. The van der Waals surface area contributed by atoms with Crippen LogP contribution in [0, 0.1) is 0 Å². The normalized spacial score (nSPS) is 16.4. The smallest absolute Gasteiger partial charge is 0.254 e. The van der Waals surface area contributed by atoms with Gasteiger partial charge in [-0.05, 0) is 17.7 Å². The number of rotatable bonds is 3. The molecule has 0 fully saturated rings. The zero-order chi connectivity index (χ0) is 16.6. The van der Waals surface area contributed by atoms with Gasteiger partial charge < -0.3 is 10.2 Å². The standard InChI is InChI=1S/C17H14Cl2N2O2/c1-10(22)20-15-12-6-4-8-14(19)16(12)21(17(15)23)9-11-5-2-3-7-13(11)18/h2-8,15H,9H2,1H3,(H,20,22)/t15-/m1/s1. The van der Waals surface area contributed by atoms with E-state index in [1.54, 1.807) is 29.2 Å². The lowest BCUT2D eigenvalue weighted by Gasteiger charge is -2.19. The molecule has 1 atom stereocenters. The van der Waals surface area contributed by atoms with Gasteiger partial charge in [-0.15, -0.1) is 0 Å². The number of carbonyl (C=O) groups is 2. The summed E-state index contributed by atoms with van der Waals surface area (Å²) in [5.74, 6) is -0.489. The minimum absolute atomic E-state index is 0.219. The number of carbonyl (C=O) groups excluding carboxylic acids is 2. The molecule has 0 saturated carbocycles. The molecule has 0 bridgehead atoms. The molecular formula is C17H14Cl2N2O2. The van der Waals surface area contributed by atoms with Crippen LogP contribution in [0.2, 0.25) is 10.0 Å². The van der Waals surface area contributed by atoms with Crippen molar-refractivity contribution in [2.45, 2.75) is 19.5 Å². The van der Waals surface area contributed by atoms with Crippen LogP contribution in [0.1, 0.15) is 24.1 Å². The lowest BCUT2D eigenvalue weighted by atomic mass is 10.1. The van der Waals surface area contributed by atoms with Crippen LogP contribution >= 0.6 is 23.2 Å². The fourth-order valence-corrected chi connectivity index (χ4v) is 3.22. The highest BCUT2D eigenvalue weighted by atomic mass is 35.5. The molecule has 23 heavy (non-hydrogen) atoms. The number of nitrogens with one attached hydrogen (secondary N) is 1. The van der Waals surface area contributed by atoms with Crippen molar-refractivity contribution in [3.63, 3.8) is 0 Å². The summed E-state index contributed by atoms with van der Waals surface area (Å²) in [6.45, 7) is 1.68. The second-order valence-electron chi connectivity index (χ2n) is 5.33.